The van der Waals surface area contributed by atoms with Gasteiger partial charge in [0.15, 0.2) is 0 Å². The quantitative estimate of drug-likeness (QED) is 0.506. The number of hydrogen-bond acceptors (Lipinski definition) is 1. The third-order valence-corrected chi connectivity index (χ3v) is 0.639. The molecule has 0 aliphatic carbocycles. The van der Waals surface area contributed by atoms with Crippen LogP contribution in [0.3, 0.4) is 0 Å². The fourth-order valence-electron chi connectivity index (χ4n) is 0.316. The van der Waals surface area contributed by atoms with E-state index in [1.54, 1.807) is 0 Å². The van der Waals surface area contributed by atoms with Crippen LogP contribution in [0.2, 0.25) is 0 Å². The molecule has 0 rings (SSSR count). The van der Waals surface area contributed by atoms with Crippen LogP contribution in [0.1, 0.15) is 13.3 Å². The van der Waals surface area contributed by atoms with Crippen molar-refractivity contribution in [1.82, 2.24) is 4.90 Å². The molecule has 0 atom stereocenters. The second-order valence-electron chi connectivity index (χ2n) is 1.76. The molecule has 0 aromatic carbocycles. The van der Waals surface area contributed by atoms with E-state index in [1.807, 2.05) is 19.0 Å². The zero-order valence-corrected chi connectivity index (χ0v) is 5.31. The Kier molecular flexibility index (Phi) is 3.48. The second kappa shape index (κ2) is 3.72. The Labute approximate surface area is 45.6 Å². The average molecular weight is 99.2 g/mol. The molecule has 0 amide bonds. The summed E-state index contributed by atoms with van der Waals surface area (Å²) in [5.74, 6) is 0. The van der Waals surface area contributed by atoms with Gasteiger partial charge in [-0.05, 0) is 12.6 Å². The summed E-state index contributed by atoms with van der Waals surface area (Å²) in [4.78, 5) is 2.03. The van der Waals surface area contributed by atoms with Crippen LogP contribution in [0.15, 0.2) is 12.3 Å². The van der Waals surface area contributed by atoms with Gasteiger partial charge in [0.1, 0.15) is 0 Å². The molecule has 0 aliphatic rings. The topological polar surface area (TPSA) is 3.24 Å². The molecule has 0 saturated carbocycles. The van der Waals surface area contributed by atoms with Gasteiger partial charge in [-0.15, -0.1) is 0 Å². The van der Waals surface area contributed by atoms with Crippen molar-refractivity contribution in [1.29, 1.82) is 0 Å². The number of hydrogen-bond donors (Lipinski definition) is 0. The highest BCUT2D eigenvalue weighted by Crippen LogP contribution is 1.80. The first-order valence-corrected chi connectivity index (χ1v) is 2.60. The maximum absolute atomic E-state index is 2.12. The molecule has 0 spiro atoms. The fraction of sp³-hybridized carbons (Fsp3) is 0.667. The van der Waals surface area contributed by atoms with Crippen LogP contribution in [-0.4, -0.2) is 19.0 Å². The lowest BCUT2D eigenvalue weighted by molar-refractivity contribution is 0.561. The Morgan fingerprint density at radius 3 is 2.14 bits per heavy atom. The minimum atomic E-state index is 1.12. The van der Waals surface area contributed by atoms with Crippen LogP contribution < -0.4 is 0 Å². The maximum atomic E-state index is 2.12. The van der Waals surface area contributed by atoms with E-state index >= 15 is 0 Å². The van der Waals surface area contributed by atoms with Gasteiger partial charge in [0.25, 0.3) is 0 Å². The lowest BCUT2D eigenvalue weighted by atomic mass is 10.5. The van der Waals surface area contributed by atoms with Crippen molar-refractivity contribution in [3.8, 4) is 0 Å². The Bertz CT molecular complexity index is 55.2. The Morgan fingerprint density at radius 2 is 2.00 bits per heavy atom. The first-order valence-electron chi connectivity index (χ1n) is 2.60. The number of nitrogens with zero attached hydrogens (tertiary/aromatic N) is 1. The number of allylic oxidation sites excluding steroid dienone is 1. The molecule has 0 heterocycles. The average Bonchev–Trinajstić information content (AvgIpc) is 1.61. The Balaban J connectivity index is 3.08. The molecule has 0 bridgehead atoms. The molecule has 0 aromatic rings. The largest absolute Gasteiger partial charge is 0.384 e. The molecule has 0 saturated heterocycles. The maximum Gasteiger partial charge on any atom is 0.00555 e. The van der Waals surface area contributed by atoms with Crippen LogP contribution in [0.4, 0.5) is 0 Å². The van der Waals surface area contributed by atoms with Crippen molar-refractivity contribution in [2.75, 3.05) is 14.1 Å². The van der Waals surface area contributed by atoms with Gasteiger partial charge in [-0.1, -0.05) is 13.0 Å². The zero-order chi connectivity index (χ0) is 5.70. The van der Waals surface area contributed by atoms with E-state index in [0.29, 0.717) is 0 Å². The van der Waals surface area contributed by atoms with Crippen molar-refractivity contribution in [2.45, 2.75) is 13.3 Å². The Hall–Kier alpha value is -0.460. The molecule has 0 radical (unpaired) electrons. The Morgan fingerprint density at radius 1 is 1.43 bits per heavy atom. The minimum Gasteiger partial charge on any atom is -0.384 e. The van der Waals surface area contributed by atoms with Gasteiger partial charge >= 0.3 is 0 Å². The van der Waals surface area contributed by atoms with Crippen molar-refractivity contribution < 1.29 is 0 Å². The lowest BCUT2D eigenvalue weighted by Gasteiger charge is -2.00. The van der Waals surface area contributed by atoms with E-state index in [4.69, 9.17) is 0 Å². The first kappa shape index (κ1) is 6.54. The third kappa shape index (κ3) is 5.54. The van der Waals surface area contributed by atoms with Crippen molar-refractivity contribution >= 4 is 0 Å². The predicted molar refractivity (Wildman–Crippen MR) is 33.1 cm³/mol. The number of rotatable bonds is 2. The highest BCUT2D eigenvalue weighted by molar-refractivity contribution is 4.76. The van der Waals surface area contributed by atoms with Gasteiger partial charge < -0.3 is 4.90 Å². The van der Waals surface area contributed by atoms with Gasteiger partial charge in [0.2, 0.25) is 0 Å². The molecule has 7 heavy (non-hydrogen) atoms. The van der Waals surface area contributed by atoms with Crippen molar-refractivity contribution in [2.24, 2.45) is 0 Å². The molecule has 0 aliphatic heterocycles. The molecular formula is C6H13N. The molecule has 0 aromatic heterocycles. The zero-order valence-electron chi connectivity index (χ0n) is 5.31. The van der Waals surface area contributed by atoms with E-state index in [9.17, 15) is 0 Å². The van der Waals surface area contributed by atoms with Crippen molar-refractivity contribution in [3.63, 3.8) is 0 Å². The highest BCUT2D eigenvalue weighted by atomic mass is 15.0. The smallest absolute Gasteiger partial charge is 0.00555 e. The molecule has 0 fully saturated rings. The van der Waals surface area contributed by atoms with Gasteiger partial charge in [0, 0.05) is 14.1 Å². The van der Waals surface area contributed by atoms with Gasteiger partial charge in [0.05, 0.1) is 0 Å². The normalized spacial score (nSPS) is 10.1. The summed E-state index contributed by atoms with van der Waals surface area (Å²) < 4.78 is 0. The predicted octanol–water partition coefficient (Wildman–Crippen LogP) is 1.47. The summed E-state index contributed by atoms with van der Waals surface area (Å²) in [5, 5.41) is 0. The van der Waals surface area contributed by atoms with Crippen LogP contribution in [-0.2, 0) is 0 Å². The summed E-state index contributed by atoms with van der Waals surface area (Å²) in [7, 11) is 4.04. The van der Waals surface area contributed by atoms with Gasteiger partial charge in [-0.25, -0.2) is 0 Å². The summed E-state index contributed by atoms with van der Waals surface area (Å²) in [6, 6.07) is 0. The van der Waals surface area contributed by atoms with Gasteiger partial charge in [-0.2, -0.15) is 0 Å². The van der Waals surface area contributed by atoms with Crippen LogP contribution in [0.25, 0.3) is 0 Å². The minimum absolute atomic E-state index is 1.12. The van der Waals surface area contributed by atoms with Crippen LogP contribution in [0.5, 0.6) is 0 Å². The standard InChI is InChI=1S/C6H13N/c1-4-5-6-7(2)3/h5-6H,4H2,1-3H3/b6-5+. The first-order chi connectivity index (χ1) is 3.27. The molecule has 1 heteroatoms. The highest BCUT2D eigenvalue weighted by Gasteiger charge is 1.69. The van der Waals surface area contributed by atoms with Crippen LogP contribution in [0, 0.1) is 0 Å². The summed E-state index contributed by atoms with van der Waals surface area (Å²) in [5.41, 5.74) is 0. The van der Waals surface area contributed by atoms with Gasteiger partial charge in [-0.3, -0.25) is 0 Å². The van der Waals surface area contributed by atoms with E-state index < -0.39 is 0 Å². The molecule has 0 N–H and O–H groups in total. The molecule has 0 unspecified atom stereocenters. The molecule has 1 nitrogen and oxygen atoms in total. The summed E-state index contributed by atoms with van der Waals surface area (Å²) in [6.45, 7) is 2.12. The monoisotopic (exact) mass is 99.1 g/mol. The van der Waals surface area contributed by atoms with E-state index in [0.717, 1.165) is 6.42 Å². The third-order valence-electron chi connectivity index (χ3n) is 0.639. The van der Waals surface area contributed by atoms with Crippen LogP contribution >= 0.6 is 0 Å². The van der Waals surface area contributed by atoms with E-state index in [1.165, 1.54) is 0 Å². The SMILES string of the molecule is CC/C=C/N(C)C. The molecule has 42 valence electrons. The molecular weight excluding hydrogens is 86.1 g/mol. The lowest BCUT2D eigenvalue weighted by Crippen LogP contribution is -1.99. The second-order valence-corrected chi connectivity index (χ2v) is 1.76. The fourth-order valence-corrected chi connectivity index (χ4v) is 0.316. The summed E-state index contributed by atoms with van der Waals surface area (Å²) >= 11 is 0. The van der Waals surface area contributed by atoms with E-state index in [2.05, 4.69) is 19.2 Å². The summed E-state index contributed by atoms with van der Waals surface area (Å²) in [6.07, 6.45) is 5.30. The van der Waals surface area contributed by atoms with Crippen molar-refractivity contribution in [3.05, 3.63) is 12.3 Å². The van der Waals surface area contributed by atoms with E-state index in [-0.39, 0.29) is 0 Å².